The summed E-state index contributed by atoms with van der Waals surface area (Å²) in [4.78, 5) is 20.4. The number of methoxy groups -OCH3 is 1. The SMILES string of the molecule is COc1ccc2c(=O)n(-c3ncccn3)[se]c2c1. The number of fused-ring (bicyclic) bond motifs is 1. The van der Waals surface area contributed by atoms with Crippen molar-refractivity contribution in [3.05, 3.63) is 47.0 Å². The van der Waals surface area contributed by atoms with E-state index in [2.05, 4.69) is 9.97 Å². The fourth-order valence-electron chi connectivity index (χ4n) is 1.66. The molecule has 0 spiro atoms. The Hall–Kier alpha value is -1.91. The second-order valence-corrected chi connectivity index (χ2v) is 5.67. The van der Waals surface area contributed by atoms with Gasteiger partial charge in [0.05, 0.1) is 0 Å². The van der Waals surface area contributed by atoms with Crippen LogP contribution in [0.4, 0.5) is 0 Å². The summed E-state index contributed by atoms with van der Waals surface area (Å²) >= 11 is -0.137. The fraction of sp³-hybridized carbons (Fsp3) is 0.0833. The number of ether oxygens (including phenoxy) is 1. The van der Waals surface area contributed by atoms with Gasteiger partial charge in [-0.05, 0) is 0 Å². The van der Waals surface area contributed by atoms with Crippen LogP contribution in [0.2, 0.25) is 0 Å². The van der Waals surface area contributed by atoms with E-state index in [-0.39, 0.29) is 20.3 Å². The number of aromatic nitrogens is 3. The Morgan fingerprint density at radius 3 is 2.78 bits per heavy atom. The molecule has 0 atom stereocenters. The van der Waals surface area contributed by atoms with Crippen LogP contribution in [0.15, 0.2) is 41.5 Å². The van der Waals surface area contributed by atoms with Crippen LogP contribution in [0, 0.1) is 0 Å². The van der Waals surface area contributed by atoms with Crippen molar-refractivity contribution in [1.82, 2.24) is 13.5 Å². The molecule has 0 amide bonds. The molecule has 0 aliphatic carbocycles. The van der Waals surface area contributed by atoms with Crippen LogP contribution in [0.1, 0.15) is 0 Å². The number of rotatable bonds is 2. The molecule has 90 valence electrons. The Morgan fingerprint density at radius 1 is 1.28 bits per heavy atom. The van der Waals surface area contributed by atoms with Gasteiger partial charge in [-0.2, -0.15) is 0 Å². The zero-order valence-electron chi connectivity index (χ0n) is 9.53. The van der Waals surface area contributed by atoms with Gasteiger partial charge in [-0.25, -0.2) is 0 Å². The Bertz CT molecular complexity index is 749. The molecule has 1 aromatic carbocycles. The summed E-state index contributed by atoms with van der Waals surface area (Å²) in [7, 11) is 1.61. The Kier molecular flexibility index (Phi) is 2.74. The molecule has 0 aliphatic rings. The third-order valence-electron chi connectivity index (χ3n) is 2.53. The van der Waals surface area contributed by atoms with Crippen LogP contribution in [-0.4, -0.2) is 35.4 Å². The van der Waals surface area contributed by atoms with E-state index in [1.807, 2.05) is 6.07 Å². The molecule has 0 unspecified atom stereocenters. The van der Waals surface area contributed by atoms with Gasteiger partial charge in [-0.3, -0.25) is 0 Å². The topological polar surface area (TPSA) is 57.0 Å². The first kappa shape index (κ1) is 11.2. The molecule has 0 saturated carbocycles. The van der Waals surface area contributed by atoms with Gasteiger partial charge < -0.3 is 0 Å². The number of hydrogen-bond acceptors (Lipinski definition) is 4. The van der Waals surface area contributed by atoms with Gasteiger partial charge in [0.15, 0.2) is 0 Å². The zero-order valence-corrected chi connectivity index (χ0v) is 11.2. The molecule has 0 bridgehead atoms. The van der Waals surface area contributed by atoms with Crippen molar-refractivity contribution in [2.75, 3.05) is 7.11 Å². The average Bonchev–Trinajstić information content (AvgIpc) is 2.76. The maximum atomic E-state index is 12.2. The molecule has 3 rings (SSSR count). The molecule has 0 aliphatic heterocycles. The summed E-state index contributed by atoms with van der Waals surface area (Å²) in [6.45, 7) is 0. The molecular weight excluding hydrogens is 297 g/mol. The number of benzene rings is 1. The molecule has 0 fully saturated rings. The van der Waals surface area contributed by atoms with Crippen LogP contribution in [0.25, 0.3) is 15.6 Å². The predicted molar refractivity (Wildman–Crippen MR) is 68.6 cm³/mol. The van der Waals surface area contributed by atoms with Crippen molar-refractivity contribution in [3.63, 3.8) is 0 Å². The van der Waals surface area contributed by atoms with E-state index < -0.39 is 0 Å². The molecule has 5 nitrogen and oxygen atoms in total. The van der Waals surface area contributed by atoms with E-state index in [9.17, 15) is 4.79 Å². The van der Waals surface area contributed by atoms with E-state index in [0.29, 0.717) is 11.3 Å². The summed E-state index contributed by atoms with van der Waals surface area (Å²) in [6, 6.07) is 7.22. The monoisotopic (exact) mass is 307 g/mol. The molecule has 18 heavy (non-hydrogen) atoms. The van der Waals surface area contributed by atoms with Crippen molar-refractivity contribution in [2.24, 2.45) is 0 Å². The summed E-state index contributed by atoms with van der Waals surface area (Å²) < 4.78 is 7.79. The quantitative estimate of drug-likeness (QED) is 0.659. The van der Waals surface area contributed by atoms with E-state index in [4.69, 9.17) is 4.74 Å². The normalized spacial score (nSPS) is 10.7. The first-order chi connectivity index (χ1) is 8.79. The fourth-order valence-corrected chi connectivity index (χ4v) is 3.71. The summed E-state index contributed by atoms with van der Waals surface area (Å²) in [5, 5.41) is 0.711. The van der Waals surface area contributed by atoms with Crippen molar-refractivity contribution in [1.29, 1.82) is 0 Å². The van der Waals surface area contributed by atoms with Crippen LogP contribution < -0.4 is 10.3 Å². The van der Waals surface area contributed by atoms with Crippen LogP contribution in [0.3, 0.4) is 0 Å². The second-order valence-electron chi connectivity index (χ2n) is 3.60. The summed E-state index contributed by atoms with van der Waals surface area (Å²) in [5.74, 6) is 1.22. The summed E-state index contributed by atoms with van der Waals surface area (Å²) in [5.41, 5.74) is -0.0427. The minimum atomic E-state index is -0.137. The van der Waals surface area contributed by atoms with Crippen molar-refractivity contribution in [3.8, 4) is 11.7 Å². The standard InChI is InChI=1S/C12H9N3O2Se/c1-17-8-3-4-9-10(7-8)18-15(11(9)16)12-13-5-2-6-14-12/h2-7H,1H3. The van der Waals surface area contributed by atoms with Gasteiger partial charge in [0.25, 0.3) is 0 Å². The van der Waals surface area contributed by atoms with E-state index in [0.717, 1.165) is 10.0 Å². The van der Waals surface area contributed by atoms with Gasteiger partial charge >= 0.3 is 108 Å². The first-order valence-electron chi connectivity index (χ1n) is 5.27. The number of hydrogen-bond donors (Lipinski definition) is 0. The molecule has 2 aromatic heterocycles. The molecule has 0 N–H and O–H groups in total. The molecule has 0 radical (unpaired) electrons. The van der Waals surface area contributed by atoms with Crippen LogP contribution in [0.5, 0.6) is 5.75 Å². The minimum absolute atomic E-state index is 0.0427. The second kappa shape index (κ2) is 4.40. The molecule has 6 heteroatoms. The van der Waals surface area contributed by atoms with Crippen LogP contribution >= 0.6 is 0 Å². The van der Waals surface area contributed by atoms with E-state index in [1.165, 1.54) is 0 Å². The Labute approximate surface area is 109 Å². The maximum absolute atomic E-state index is 12.2. The first-order valence-corrected chi connectivity index (χ1v) is 6.89. The summed E-state index contributed by atoms with van der Waals surface area (Å²) in [6.07, 6.45) is 3.27. The Balaban J connectivity index is 2.26. The van der Waals surface area contributed by atoms with Gasteiger partial charge in [0.2, 0.25) is 0 Å². The van der Waals surface area contributed by atoms with Gasteiger partial charge in [0.1, 0.15) is 0 Å². The zero-order chi connectivity index (χ0) is 12.5. The number of nitrogens with zero attached hydrogens (tertiary/aromatic N) is 3. The third-order valence-corrected chi connectivity index (χ3v) is 4.72. The van der Waals surface area contributed by atoms with Crippen molar-refractivity contribution < 1.29 is 4.74 Å². The van der Waals surface area contributed by atoms with Crippen LogP contribution in [-0.2, 0) is 0 Å². The predicted octanol–water partition coefficient (Wildman–Crippen LogP) is 0.846. The molecule has 0 saturated heterocycles. The van der Waals surface area contributed by atoms with Gasteiger partial charge in [0, 0.05) is 0 Å². The van der Waals surface area contributed by atoms with E-state index in [1.54, 1.807) is 41.3 Å². The molecule has 3 aromatic rings. The molecule has 2 heterocycles. The van der Waals surface area contributed by atoms with Gasteiger partial charge in [-0.15, -0.1) is 0 Å². The molecular formula is C12H9N3O2Se. The van der Waals surface area contributed by atoms with Crippen molar-refractivity contribution in [2.45, 2.75) is 0 Å². The van der Waals surface area contributed by atoms with Gasteiger partial charge in [-0.1, -0.05) is 0 Å². The third kappa shape index (κ3) is 1.75. The van der Waals surface area contributed by atoms with Crippen molar-refractivity contribution >= 4 is 24.4 Å². The average molecular weight is 306 g/mol. The Morgan fingerprint density at radius 2 is 2.06 bits per heavy atom. The van der Waals surface area contributed by atoms with E-state index >= 15 is 0 Å².